The summed E-state index contributed by atoms with van der Waals surface area (Å²) in [5.41, 5.74) is 3.03. The summed E-state index contributed by atoms with van der Waals surface area (Å²) in [6.45, 7) is 1.98. The predicted octanol–water partition coefficient (Wildman–Crippen LogP) is 2.65. The minimum Gasteiger partial charge on any atom is -0.481 e. The van der Waals surface area contributed by atoms with Crippen molar-refractivity contribution in [3.63, 3.8) is 0 Å². The van der Waals surface area contributed by atoms with Gasteiger partial charge in [0.1, 0.15) is 0 Å². The van der Waals surface area contributed by atoms with Crippen LogP contribution in [0.5, 0.6) is 0 Å². The van der Waals surface area contributed by atoms with Gasteiger partial charge in [-0.25, -0.2) is 0 Å². The summed E-state index contributed by atoms with van der Waals surface area (Å²) < 4.78 is 1.89. The molecule has 0 saturated carbocycles. The fourth-order valence-corrected chi connectivity index (χ4v) is 2.75. The lowest BCUT2D eigenvalue weighted by atomic mass is 10.2. The van der Waals surface area contributed by atoms with Gasteiger partial charge in [0.2, 0.25) is 0 Å². The second kappa shape index (κ2) is 5.93. The average molecular weight is 276 g/mol. The standard InChI is InChI=1S/C14H16N2O2S/c1-10-7-12(16(2)15-10)9-19-13-5-3-11(4-6-13)8-14(17)18/h3-7H,8-9H2,1-2H3,(H,17,18). The summed E-state index contributed by atoms with van der Waals surface area (Å²) in [5, 5.41) is 13.0. The third-order valence-corrected chi connectivity index (χ3v) is 3.81. The van der Waals surface area contributed by atoms with Crippen molar-refractivity contribution in [2.75, 3.05) is 0 Å². The molecule has 0 radical (unpaired) electrons. The Bertz CT molecular complexity index is 576. The van der Waals surface area contributed by atoms with Crippen LogP contribution in [-0.4, -0.2) is 20.9 Å². The smallest absolute Gasteiger partial charge is 0.307 e. The van der Waals surface area contributed by atoms with Crippen molar-refractivity contribution in [3.8, 4) is 0 Å². The van der Waals surface area contributed by atoms with E-state index in [1.165, 1.54) is 5.69 Å². The number of nitrogens with zero attached hydrogens (tertiary/aromatic N) is 2. The third kappa shape index (κ3) is 3.86. The summed E-state index contributed by atoms with van der Waals surface area (Å²) >= 11 is 1.72. The molecular formula is C14H16N2O2S. The molecule has 100 valence electrons. The van der Waals surface area contributed by atoms with Crippen LogP contribution in [0.25, 0.3) is 0 Å². The van der Waals surface area contributed by atoms with Gasteiger partial charge in [-0.2, -0.15) is 5.10 Å². The Morgan fingerprint density at radius 3 is 2.58 bits per heavy atom. The molecule has 0 aliphatic heterocycles. The predicted molar refractivity (Wildman–Crippen MR) is 75.3 cm³/mol. The molecular weight excluding hydrogens is 260 g/mol. The maximum absolute atomic E-state index is 10.6. The number of aromatic nitrogens is 2. The molecule has 2 aromatic rings. The van der Waals surface area contributed by atoms with Gasteiger partial charge in [0.15, 0.2) is 0 Å². The largest absolute Gasteiger partial charge is 0.481 e. The first-order valence-corrected chi connectivity index (χ1v) is 6.96. The van der Waals surface area contributed by atoms with Crippen LogP contribution in [0.3, 0.4) is 0 Å². The summed E-state index contributed by atoms with van der Waals surface area (Å²) in [6.07, 6.45) is 0.0753. The summed E-state index contributed by atoms with van der Waals surface area (Å²) in [4.78, 5) is 11.7. The molecule has 0 unspecified atom stereocenters. The van der Waals surface area contributed by atoms with Crippen molar-refractivity contribution in [1.82, 2.24) is 9.78 Å². The number of carboxylic acids is 1. The van der Waals surface area contributed by atoms with E-state index in [-0.39, 0.29) is 6.42 Å². The van der Waals surface area contributed by atoms with Gasteiger partial charge in [0.25, 0.3) is 0 Å². The fourth-order valence-electron chi connectivity index (χ4n) is 1.83. The van der Waals surface area contributed by atoms with E-state index in [4.69, 9.17) is 5.11 Å². The molecule has 0 atom stereocenters. The molecule has 0 amide bonds. The minimum atomic E-state index is -0.800. The zero-order chi connectivity index (χ0) is 13.8. The molecule has 1 N–H and O–H groups in total. The van der Waals surface area contributed by atoms with Crippen molar-refractivity contribution in [3.05, 3.63) is 47.3 Å². The number of benzene rings is 1. The summed E-state index contributed by atoms with van der Waals surface area (Å²) in [5.74, 6) is 0.0565. The number of aryl methyl sites for hydroxylation is 2. The van der Waals surface area contributed by atoms with E-state index in [9.17, 15) is 4.79 Å². The lowest BCUT2D eigenvalue weighted by Gasteiger charge is -2.03. The normalized spacial score (nSPS) is 10.6. The van der Waals surface area contributed by atoms with Crippen LogP contribution in [-0.2, 0) is 24.0 Å². The first-order valence-electron chi connectivity index (χ1n) is 5.97. The molecule has 0 fully saturated rings. The van der Waals surface area contributed by atoms with Crippen molar-refractivity contribution < 1.29 is 9.90 Å². The maximum Gasteiger partial charge on any atom is 0.307 e. The van der Waals surface area contributed by atoms with E-state index in [1.807, 2.05) is 42.9 Å². The highest BCUT2D eigenvalue weighted by Crippen LogP contribution is 2.23. The van der Waals surface area contributed by atoms with Crippen molar-refractivity contribution in [1.29, 1.82) is 0 Å². The highest BCUT2D eigenvalue weighted by molar-refractivity contribution is 7.98. The molecule has 0 aliphatic carbocycles. The molecule has 0 aliphatic rings. The topological polar surface area (TPSA) is 55.1 Å². The fraction of sp³-hybridized carbons (Fsp3) is 0.286. The Balaban J connectivity index is 1.96. The van der Waals surface area contributed by atoms with Gasteiger partial charge in [-0.05, 0) is 30.7 Å². The van der Waals surface area contributed by atoms with E-state index in [2.05, 4.69) is 11.2 Å². The molecule has 19 heavy (non-hydrogen) atoms. The Labute approximate surface area is 116 Å². The van der Waals surface area contributed by atoms with Crippen molar-refractivity contribution in [2.24, 2.45) is 7.05 Å². The molecule has 0 bridgehead atoms. The number of aliphatic carboxylic acids is 1. The highest BCUT2D eigenvalue weighted by Gasteiger charge is 2.04. The van der Waals surface area contributed by atoms with Crippen LogP contribution in [0.2, 0.25) is 0 Å². The van der Waals surface area contributed by atoms with E-state index in [1.54, 1.807) is 11.8 Å². The summed E-state index contributed by atoms with van der Waals surface area (Å²) in [6, 6.07) is 9.74. The Kier molecular flexibility index (Phi) is 4.27. The monoisotopic (exact) mass is 276 g/mol. The van der Waals surface area contributed by atoms with Gasteiger partial charge in [-0.1, -0.05) is 12.1 Å². The highest BCUT2D eigenvalue weighted by atomic mass is 32.2. The van der Waals surface area contributed by atoms with E-state index in [0.717, 1.165) is 21.9 Å². The quantitative estimate of drug-likeness (QED) is 0.853. The van der Waals surface area contributed by atoms with Gasteiger partial charge < -0.3 is 5.11 Å². The minimum absolute atomic E-state index is 0.0753. The van der Waals surface area contributed by atoms with Crippen molar-refractivity contribution >= 4 is 17.7 Å². The first-order chi connectivity index (χ1) is 9.04. The van der Waals surface area contributed by atoms with Gasteiger partial charge >= 0.3 is 5.97 Å². The molecule has 1 heterocycles. The molecule has 0 saturated heterocycles. The van der Waals surface area contributed by atoms with E-state index < -0.39 is 5.97 Å². The number of carbonyl (C=O) groups is 1. The lowest BCUT2D eigenvalue weighted by molar-refractivity contribution is -0.136. The zero-order valence-corrected chi connectivity index (χ0v) is 11.8. The van der Waals surface area contributed by atoms with E-state index >= 15 is 0 Å². The number of rotatable bonds is 5. The Morgan fingerprint density at radius 1 is 1.37 bits per heavy atom. The lowest BCUT2D eigenvalue weighted by Crippen LogP contribution is -1.99. The van der Waals surface area contributed by atoms with Crippen LogP contribution >= 0.6 is 11.8 Å². The molecule has 0 spiro atoms. The Hall–Kier alpha value is -1.75. The van der Waals surface area contributed by atoms with Crippen LogP contribution < -0.4 is 0 Å². The summed E-state index contributed by atoms with van der Waals surface area (Å²) in [7, 11) is 1.94. The number of thioether (sulfide) groups is 1. The van der Waals surface area contributed by atoms with Crippen LogP contribution in [0.1, 0.15) is 17.0 Å². The van der Waals surface area contributed by atoms with Gasteiger partial charge in [-0.15, -0.1) is 11.8 Å². The van der Waals surface area contributed by atoms with Crippen LogP contribution in [0.15, 0.2) is 35.2 Å². The number of hydrogen-bond acceptors (Lipinski definition) is 3. The van der Waals surface area contributed by atoms with Gasteiger partial charge in [-0.3, -0.25) is 9.48 Å². The van der Waals surface area contributed by atoms with Crippen LogP contribution in [0.4, 0.5) is 0 Å². The van der Waals surface area contributed by atoms with Crippen LogP contribution in [0, 0.1) is 6.92 Å². The third-order valence-electron chi connectivity index (χ3n) is 2.76. The molecule has 5 heteroatoms. The average Bonchev–Trinajstić information content (AvgIpc) is 2.66. The second-order valence-electron chi connectivity index (χ2n) is 4.40. The number of carboxylic acid groups (broad SMARTS) is 1. The Morgan fingerprint density at radius 2 is 2.05 bits per heavy atom. The van der Waals surface area contributed by atoms with Gasteiger partial charge in [0.05, 0.1) is 12.1 Å². The molecule has 1 aromatic heterocycles. The van der Waals surface area contributed by atoms with Gasteiger partial charge in [0, 0.05) is 23.4 Å². The maximum atomic E-state index is 10.6. The molecule has 1 aromatic carbocycles. The molecule has 4 nitrogen and oxygen atoms in total. The first kappa shape index (κ1) is 13.7. The molecule has 2 rings (SSSR count). The van der Waals surface area contributed by atoms with Crippen molar-refractivity contribution in [2.45, 2.75) is 24.0 Å². The van der Waals surface area contributed by atoms with E-state index in [0.29, 0.717) is 0 Å². The number of hydrogen-bond donors (Lipinski definition) is 1. The SMILES string of the molecule is Cc1cc(CSc2ccc(CC(=O)O)cc2)n(C)n1. The zero-order valence-electron chi connectivity index (χ0n) is 11.0. The second-order valence-corrected chi connectivity index (χ2v) is 5.45.